The van der Waals surface area contributed by atoms with Gasteiger partial charge in [0.2, 0.25) is 0 Å². The highest BCUT2D eigenvalue weighted by Crippen LogP contribution is 2.33. The zero-order valence-electron chi connectivity index (χ0n) is 15.7. The number of methoxy groups -OCH3 is 1. The molecular formula is C18H27Cl2N7O. The van der Waals surface area contributed by atoms with Gasteiger partial charge >= 0.3 is 0 Å². The van der Waals surface area contributed by atoms with Gasteiger partial charge in [-0.25, -0.2) is 15.0 Å². The van der Waals surface area contributed by atoms with E-state index in [1.807, 2.05) is 24.3 Å². The lowest BCUT2D eigenvalue weighted by Gasteiger charge is -2.25. The minimum Gasteiger partial charge on any atom is -0.497 e. The van der Waals surface area contributed by atoms with Crippen LogP contribution in [0.25, 0.3) is 22.4 Å². The Kier molecular flexibility index (Phi) is 9.57. The maximum Gasteiger partial charge on any atom is 0.181 e. The standard InChI is InChI=1S/C18H21N5O.2ClH.H4N2/c1-24-14-8-4-11(5-9-14)15-16-18(21-10-20-16)23-17(22-15)12-2-6-13(19)7-3-12;;;1-2/h4-5,8-10,12-13H,2-3,6-7,19H2,1H3,(H,20,21,22,23);2*1H;1-2H2. The Labute approximate surface area is 176 Å². The maximum absolute atomic E-state index is 6.03. The summed E-state index contributed by atoms with van der Waals surface area (Å²) < 4.78 is 5.24. The van der Waals surface area contributed by atoms with Gasteiger partial charge in [0.05, 0.1) is 19.1 Å². The molecule has 2 heterocycles. The molecule has 0 amide bonds. The molecule has 154 valence electrons. The number of halogens is 2. The van der Waals surface area contributed by atoms with Crippen molar-refractivity contribution < 1.29 is 4.74 Å². The zero-order valence-corrected chi connectivity index (χ0v) is 17.3. The Morgan fingerprint density at radius 3 is 2.25 bits per heavy atom. The van der Waals surface area contributed by atoms with E-state index in [1.165, 1.54) is 0 Å². The molecule has 1 saturated carbocycles. The summed E-state index contributed by atoms with van der Waals surface area (Å²) in [5.41, 5.74) is 9.54. The number of fused-ring (bicyclic) bond motifs is 1. The predicted octanol–water partition coefficient (Wildman–Crippen LogP) is 2.68. The Morgan fingerprint density at radius 2 is 1.64 bits per heavy atom. The average molecular weight is 428 g/mol. The quantitative estimate of drug-likeness (QED) is 0.371. The molecule has 4 rings (SSSR count). The number of rotatable bonds is 3. The van der Waals surface area contributed by atoms with E-state index < -0.39 is 0 Å². The molecule has 0 radical (unpaired) electrons. The number of nitrogens with one attached hydrogen (secondary N) is 1. The van der Waals surface area contributed by atoms with E-state index in [0.29, 0.717) is 12.0 Å². The molecule has 1 aromatic carbocycles. The first-order valence-corrected chi connectivity index (χ1v) is 8.69. The van der Waals surface area contributed by atoms with Crippen LogP contribution in [-0.4, -0.2) is 33.1 Å². The summed E-state index contributed by atoms with van der Waals surface area (Å²) >= 11 is 0. The minimum absolute atomic E-state index is 0. The van der Waals surface area contributed by atoms with Crippen LogP contribution in [0.4, 0.5) is 0 Å². The van der Waals surface area contributed by atoms with Crippen molar-refractivity contribution in [3.05, 3.63) is 36.4 Å². The first-order valence-electron chi connectivity index (χ1n) is 8.69. The largest absolute Gasteiger partial charge is 0.497 e. The third kappa shape index (κ3) is 5.09. The monoisotopic (exact) mass is 427 g/mol. The van der Waals surface area contributed by atoms with Crippen LogP contribution in [0.5, 0.6) is 5.75 Å². The fourth-order valence-corrected chi connectivity index (χ4v) is 3.37. The van der Waals surface area contributed by atoms with Crippen molar-refractivity contribution >= 4 is 36.0 Å². The molecule has 28 heavy (non-hydrogen) atoms. The van der Waals surface area contributed by atoms with Crippen LogP contribution in [-0.2, 0) is 0 Å². The number of benzene rings is 1. The van der Waals surface area contributed by atoms with Gasteiger partial charge < -0.3 is 15.5 Å². The van der Waals surface area contributed by atoms with Gasteiger partial charge in [-0.2, -0.15) is 0 Å². The Balaban J connectivity index is 0.000000950. The highest BCUT2D eigenvalue weighted by molar-refractivity contribution is 5.87. The molecule has 1 fully saturated rings. The molecule has 1 aliphatic carbocycles. The summed E-state index contributed by atoms with van der Waals surface area (Å²) in [7, 11) is 1.67. The van der Waals surface area contributed by atoms with E-state index in [1.54, 1.807) is 13.4 Å². The summed E-state index contributed by atoms with van der Waals surface area (Å²) in [6.45, 7) is 0. The number of nitrogens with two attached hydrogens (primary N) is 3. The highest BCUT2D eigenvalue weighted by Gasteiger charge is 2.24. The van der Waals surface area contributed by atoms with Crippen LogP contribution in [0.1, 0.15) is 37.4 Å². The molecule has 0 saturated heterocycles. The molecule has 10 heteroatoms. The molecule has 2 aromatic heterocycles. The summed E-state index contributed by atoms with van der Waals surface area (Å²) in [4.78, 5) is 17.1. The van der Waals surface area contributed by atoms with Gasteiger partial charge in [0.15, 0.2) is 5.65 Å². The molecule has 8 nitrogen and oxygen atoms in total. The van der Waals surface area contributed by atoms with Crippen molar-refractivity contribution in [1.29, 1.82) is 0 Å². The lowest BCUT2D eigenvalue weighted by atomic mass is 9.86. The van der Waals surface area contributed by atoms with Gasteiger partial charge in [-0.3, -0.25) is 11.7 Å². The van der Waals surface area contributed by atoms with Crippen molar-refractivity contribution in [3.63, 3.8) is 0 Å². The van der Waals surface area contributed by atoms with Gasteiger partial charge in [0.25, 0.3) is 0 Å². The number of H-pyrrole nitrogens is 1. The summed E-state index contributed by atoms with van der Waals surface area (Å²) in [5.74, 6) is 10.1. The average Bonchev–Trinajstić information content (AvgIpc) is 3.18. The lowest BCUT2D eigenvalue weighted by Crippen LogP contribution is -2.26. The normalized spacial score (nSPS) is 18.3. The molecule has 3 aromatic rings. The predicted molar refractivity (Wildman–Crippen MR) is 116 cm³/mol. The molecule has 0 bridgehead atoms. The second kappa shape index (κ2) is 11.1. The first-order chi connectivity index (χ1) is 12.7. The van der Waals surface area contributed by atoms with Gasteiger partial charge in [-0.1, -0.05) is 0 Å². The van der Waals surface area contributed by atoms with Crippen molar-refractivity contribution in [2.24, 2.45) is 17.4 Å². The molecule has 1 aliphatic rings. The third-order valence-corrected chi connectivity index (χ3v) is 4.80. The van der Waals surface area contributed by atoms with E-state index in [4.69, 9.17) is 15.5 Å². The minimum atomic E-state index is 0. The van der Waals surface area contributed by atoms with E-state index in [-0.39, 0.29) is 24.8 Å². The van der Waals surface area contributed by atoms with Crippen LogP contribution in [0.15, 0.2) is 30.6 Å². The highest BCUT2D eigenvalue weighted by atomic mass is 35.5. The topological polar surface area (TPSA) is 142 Å². The SMILES string of the molecule is COc1ccc(-c2nc(C3CCC(N)CC3)nc3nc[nH]c23)cc1.Cl.Cl.NN. The Hall–Kier alpha value is -1.97. The summed E-state index contributed by atoms with van der Waals surface area (Å²) in [6, 6.07) is 8.23. The van der Waals surface area contributed by atoms with Crippen molar-refractivity contribution in [3.8, 4) is 17.0 Å². The first kappa shape index (κ1) is 24.1. The van der Waals surface area contributed by atoms with E-state index in [9.17, 15) is 0 Å². The Bertz CT molecular complexity index is 849. The number of hydrogen-bond acceptors (Lipinski definition) is 7. The molecular weight excluding hydrogens is 401 g/mol. The molecule has 0 aliphatic heterocycles. The fraction of sp³-hybridized carbons (Fsp3) is 0.389. The second-order valence-electron chi connectivity index (χ2n) is 6.37. The smallest absolute Gasteiger partial charge is 0.181 e. The fourth-order valence-electron chi connectivity index (χ4n) is 3.37. The molecule has 7 N–H and O–H groups in total. The van der Waals surface area contributed by atoms with Gasteiger partial charge in [-0.15, -0.1) is 24.8 Å². The van der Waals surface area contributed by atoms with Crippen LogP contribution in [0, 0.1) is 0 Å². The van der Waals surface area contributed by atoms with E-state index in [0.717, 1.165) is 59.7 Å². The van der Waals surface area contributed by atoms with Crippen LogP contribution >= 0.6 is 24.8 Å². The van der Waals surface area contributed by atoms with Crippen LogP contribution in [0.3, 0.4) is 0 Å². The van der Waals surface area contributed by atoms with Crippen molar-refractivity contribution in [1.82, 2.24) is 19.9 Å². The number of imidazole rings is 1. The van der Waals surface area contributed by atoms with Crippen LogP contribution in [0.2, 0.25) is 0 Å². The number of hydrazine groups is 1. The number of ether oxygens (including phenoxy) is 1. The number of hydrogen-bond donors (Lipinski definition) is 4. The molecule has 0 unspecified atom stereocenters. The second-order valence-corrected chi connectivity index (χ2v) is 6.37. The van der Waals surface area contributed by atoms with E-state index >= 15 is 0 Å². The lowest BCUT2D eigenvalue weighted by molar-refractivity contribution is 0.385. The van der Waals surface area contributed by atoms with Crippen LogP contribution < -0.4 is 22.2 Å². The van der Waals surface area contributed by atoms with Gasteiger partial charge in [-0.05, 0) is 49.9 Å². The van der Waals surface area contributed by atoms with Gasteiger partial charge in [0.1, 0.15) is 17.1 Å². The molecule has 0 spiro atoms. The maximum atomic E-state index is 6.03. The van der Waals surface area contributed by atoms with E-state index in [2.05, 4.69) is 26.6 Å². The van der Waals surface area contributed by atoms with Gasteiger partial charge in [0, 0.05) is 17.5 Å². The summed E-state index contributed by atoms with van der Waals surface area (Å²) in [6.07, 6.45) is 5.82. The number of aromatic nitrogens is 4. The third-order valence-electron chi connectivity index (χ3n) is 4.80. The zero-order chi connectivity index (χ0) is 18.5. The molecule has 0 atom stereocenters. The van der Waals surface area contributed by atoms with Crippen molar-refractivity contribution in [2.45, 2.75) is 37.6 Å². The van der Waals surface area contributed by atoms with Crippen molar-refractivity contribution in [2.75, 3.05) is 7.11 Å². The number of aromatic amines is 1. The number of nitrogens with zero attached hydrogens (tertiary/aromatic N) is 3. The Morgan fingerprint density at radius 1 is 1.00 bits per heavy atom. The summed E-state index contributed by atoms with van der Waals surface area (Å²) in [5, 5.41) is 0.